The van der Waals surface area contributed by atoms with E-state index in [1.165, 1.54) is 0 Å². The second kappa shape index (κ2) is 13.1. The van der Waals surface area contributed by atoms with E-state index in [-0.39, 0.29) is 36.4 Å². The minimum Gasteiger partial charge on any atom is -0.464 e. The number of furan rings is 1. The number of aryl methyl sites for hydroxylation is 4. The van der Waals surface area contributed by atoms with E-state index in [2.05, 4.69) is 45.7 Å². The average Bonchev–Trinajstić information content (AvgIpc) is 3.66. The maximum absolute atomic E-state index is 13.1. The number of amides is 3. The van der Waals surface area contributed by atoms with E-state index in [1.54, 1.807) is 41.8 Å². The minimum absolute atomic E-state index is 0.0602. The fraction of sp³-hybridized carbons (Fsp3) is 0.190. The summed E-state index contributed by atoms with van der Waals surface area (Å²) in [5, 5.41) is 7.98. The van der Waals surface area contributed by atoms with E-state index < -0.39 is 5.92 Å². The Morgan fingerprint density at radius 2 is 1.77 bits per heavy atom. The fourth-order valence-electron chi connectivity index (χ4n) is 7.31. The number of hydrogen-bond acceptors (Lipinski definition) is 7. The summed E-state index contributed by atoms with van der Waals surface area (Å²) < 4.78 is 9.01. The summed E-state index contributed by atoms with van der Waals surface area (Å²) in [6.07, 6.45) is 5.78. The summed E-state index contributed by atoms with van der Waals surface area (Å²) in [5.74, 6) is 4.66. The zero-order chi connectivity index (χ0) is 37.0. The van der Waals surface area contributed by atoms with Crippen LogP contribution in [-0.2, 0) is 23.7 Å². The molecule has 3 amide bonds. The molecule has 262 valence electrons. The smallest absolute Gasteiger partial charge is 0.328 e. The van der Waals surface area contributed by atoms with Gasteiger partial charge in [-0.15, -0.1) is 0 Å². The summed E-state index contributed by atoms with van der Waals surface area (Å²) in [6.45, 7) is 3.96. The molecule has 0 radical (unpaired) electrons. The fourth-order valence-corrected chi connectivity index (χ4v) is 7.31. The first-order valence-electron chi connectivity index (χ1n) is 17.2. The molecule has 0 saturated carbocycles. The van der Waals surface area contributed by atoms with Crippen molar-refractivity contribution in [3.63, 3.8) is 0 Å². The molecule has 1 aliphatic rings. The topological polar surface area (TPSA) is 141 Å². The first-order valence-corrected chi connectivity index (χ1v) is 17.2. The monoisotopic (exact) mass is 702 g/mol. The maximum Gasteiger partial charge on any atom is 0.328 e. The molecule has 3 aromatic carbocycles. The Morgan fingerprint density at radius 3 is 2.58 bits per heavy atom. The normalized spacial score (nSPS) is 14.4. The van der Waals surface area contributed by atoms with Crippen LogP contribution in [0.4, 0.5) is 0 Å². The molecule has 11 nitrogen and oxygen atoms in total. The van der Waals surface area contributed by atoms with E-state index in [9.17, 15) is 19.2 Å². The molecule has 53 heavy (non-hydrogen) atoms. The highest BCUT2D eigenvalue weighted by Crippen LogP contribution is 2.35. The van der Waals surface area contributed by atoms with Gasteiger partial charge < -0.3 is 9.73 Å². The number of aromatic nitrogens is 4. The van der Waals surface area contributed by atoms with Crippen molar-refractivity contribution in [1.82, 2.24) is 29.7 Å². The van der Waals surface area contributed by atoms with Gasteiger partial charge in [0, 0.05) is 60.4 Å². The summed E-state index contributed by atoms with van der Waals surface area (Å²) in [4.78, 5) is 59.0. The molecule has 0 spiro atoms. The number of benzene rings is 3. The Balaban J connectivity index is 0.976. The minimum atomic E-state index is -0.464. The van der Waals surface area contributed by atoms with Gasteiger partial charge in [-0.2, -0.15) is 0 Å². The number of nitrogens with zero attached hydrogens (tertiary/aromatic N) is 4. The van der Waals surface area contributed by atoms with Crippen LogP contribution in [-0.4, -0.2) is 43.4 Å². The first-order chi connectivity index (χ1) is 25.6. The van der Waals surface area contributed by atoms with Gasteiger partial charge in [0.15, 0.2) is 0 Å². The molecule has 1 saturated heterocycles. The number of carbonyl (C=O) groups is 3. The van der Waals surface area contributed by atoms with Crippen molar-refractivity contribution >= 4 is 50.5 Å². The van der Waals surface area contributed by atoms with Crippen molar-refractivity contribution in [1.29, 1.82) is 0 Å². The van der Waals surface area contributed by atoms with Gasteiger partial charge in [0.1, 0.15) is 11.3 Å². The van der Waals surface area contributed by atoms with Gasteiger partial charge in [-0.3, -0.25) is 38.8 Å². The molecule has 0 aliphatic carbocycles. The zero-order valence-corrected chi connectivity index (χ0v) is 29.5. The molecule has 1 unspecified atom stereocenters. The number of piperidine rings is 1. The SMILES string of the molecule is Cc1cc(-c2cc3cccc(-c4cc(C)c5c(c4)n(C)c(=O)n5C)c3cn2)cnc1C(=O)NCC#Cc1ccc2occ(C3CCC(=O)NC3=O)c2c1. The Morgan fingerprint density at radius 1 is 0.943 bits per heavy atom. The van der Waals surface area contributed by atoms with Crippen LogP contribution < -0.4 is 16.3 Å². The Kier molecular flexibility index (Phi) is 8.22. The number of imide groups is 1. The Labute approximate surface area is 303 Å². The molecule has 4 aromatic heterocycles. The molecule has 0 bridgehead atoms. The van der Waals surface area contributed by atoms with Crippen molar-refractivity contribution in [3.05, 3.63) is 118 Å². The lowest BCUT2D eigenvalue weighted by atomic mass is 9.90. The number of carbonyl (C=O) groups excluding carboxylic acids is 3. The second-order valence-electron chi connectivity index (χ2n) is 13.4. The van der Waals surface area contributed by atoms with Crippen LogP contribution in [0.25, 0.3) is 55.2 Å². The van der Waals surface area contributed by atoms with Crippen LogP contribution in [0.5, 0.6) is 0 Å². The highest BCUT2D eigenvalue weighted by molar-refractivity contribution is 6.03. The van der Waals surface area contributed by atoms with E-state index in [0.29, 0.717) is 28.8 Å². The largest absolute Gasteiger partial charge is 0.464 e. The van der Waals surface area contributed by atoms with Gasteiger partial charge in [0.25, 0.3) is 5.91 Å². The van der Waals surface area contributed by atoms with Gasteiger partial charge in [0.2, 0.25) is 11.8 Å². The molecule has 11 heteroatoms. The highest BCUT2D eigenvalue weighted by atomic mass is 16.3. The molecule has 2 N–H and O–H groups in total. The molecular weight excluding hydrogens is 668 g/mol. The molecule has 8 rings (SSSR count). The number of imidazole rings is 1. The number of fused-ring (bicyclic) bond motifs is 3. The molecule has 1 atom stereocenters. The van der Waals surface area contributed by atoms with Gasteiger partial charge in [-0.1, -0.05) is 30.0 Å². The Hall–Kier alpha value is -6.80. The van der Waals surface area contributed by atoms with Crippen molar-refractivity contribution in [2.45, 2.75) is 32.6 Å². The second-order valence-corrected chi connectivity index (χ2v) is 13.4. The van der Waals surface area contributed by atoms with Crippen LogP contribution in [0.15, 0.2) is 88.5 Å². The lowest BCUT2D eigenvalue weighted by Crippen LogP contribution is -2.39. The summed E-state index contributed by atoms with van der Waals surface area (Å²) in [7, 11) is 3.58. The third-order valence-electron chi connectivity index (χ3n) is 10.0. The number of pyridine rings is 2. The average molecular weight is 703 g/mol. The first kappa shape index (κ1) is 33.3. The lowest BCUT2D eigenvalue weighted by molar-refractivity contribution is -0.134. The quantitative estimate of drug-likeness (QED) is 0.170. The van der Waals surface area contributed by atoms with E-state index >= 15 is 0 Å². The molecule has 1 fully saturated rings. The lowest BCUT2D eigenvalue weighted by Gasteiger charge is -2.19. The van der Waals surface area contributed by atoms with Crippen LogP contribution in [0.1, 0.15) is 51.5 Å². The van der Waals surface area contributed by atoms with Crippen molar-refractivity contribution in [2.75, 3.05) is 6.54 Å². The van der Waals surface area contributed by atoms with Crippen LogP contribution >= 0.6 is 0 Å². The number of nitrogens with one attached hydrogen (secondary N) is 2. The van der Waals surface area contributed by atoms with Crippen LogP contribution in [0.2, 0.25) is 0 Å². The third kappa shape index (κ3) is 5.94. The highest BCUT2D eigenvalue weighted by Gasteiger charge is 2.30. The number of hydrogen-bond donors (Lipinski definition) is 2. The van der Waals surface area contributed by atoms with Crippen LogP contribution in [0, 0.1) is 25.7 Å². The van der Waals surface area contributed by atoms with E-state index in [1.807, 2.05) is 56.4 Å². The van der Waals surface area contributed by atoms with Gasteiger partial charge in [0.05, 0.1) is 35.5 Å². The summed E-state index contributed by atoms with van der Waals surface area (Å²) >= 11 is 0. The predicted molar refractivity (Wildman–Crippen MR) is 202 cm³/mol. The summed E-state index contributed by atoms with van der Waals surface area (Å²) in [6, 6.07) is 19.7. The van der Waals surface area contributed by atoms with Crippen molar-refractivity contribution in [3.8, 4) is 34.2 Å². The Bertz CT molecular complexity index is 2810. The molecular formula is C42H34N6O5. The summed E-state index contributed by atoms with van der Waals surface area (Å²) in [5.41, 5.74) is 9.35. The van der Waals surface area contributed by atoms with Gasteiger partial charge >= 0.3 is 5.69 Å². The van der Waals surface area contributed by atoms with Gasteiger partial charge in [-0.25, -0.2) is 4.79 Å². The number of rotatable bonds is 5. The standard InChI is InChI=1S/C42H34N6O5/c1-23-15-28(34-18-26-8-5-9-29(32(26)21-44-34)27-16-24(2)39-35(19-27)47(3)42(52)48(39)4)20-45-38(23)41(51)43-14-6-7-25-10-12-36-31(17-25)33(22-53-36)30-11-13-37(49)46-40(30)50/h5,8-10,12,15-22,30H,11,13-14H2,1-4H3,(H,43,51)(H,46,49,50). The van der Waals surface area contributed by atoms with E-state index in [4.69, 9.17) is 9.40 Å². The van der Waals surface area contributed by atoms with Crippen molar-refractivity contribution in [2.24, 2.45) is 14.1 Å². The molecule has 1 aliphatic heterocycles. The zero-order valence-electron chi connectivity index (χ0n) is 29.5. The van der Waals surface area contributed by atoms with Crippen molar-refractivity contribution < 1.29 is 18.8 Å². The predicted octanol–water partition coefficient (Wildman–Crippen LogP) is 5.82. The van der Waals surface area contributed by atoms with Gasteiger partial charge in [-0.05, 0) is 90.4 Å². The third-order valence-corrected chi connectivity index (χ3v) is 10.0. The molecule has 7 aromatic rings. The van der Waals surface area contributed by atoms with E-state index in [0.717, 1.165) is 60.7 Å². The molecule has 5 heterocycles. The maximum atomic E-state index is 13.1. The van der Waals surface area contributed by atoms with Crippen LogP contribution in [0.3, 0.4) is 0 Å².